The Hall–Kier alpha value is -0.780. The van der Waals surface area contributed by atoms with E-state index in [0.717, 1.165) is 12.1 Å². The standard InChI is InChI=1S/C16H25Cl2N3OS/c1-5-19-15(20-8-9-23(22)16(2,3)4)21-11-12-6-7-13(17)10-14(12)18/h6-7,10H,5,8-9,11H2,1-4H3,(H2,19,20,21). The maximum absolute atomic E-state index is 12.0. The van der Waals surface area contributed by atoms with Crippen molar-refractivity contribution in [3.05, 3.63) is 33.8 Å². The molecular weight excluding hydrogens is 353 g/mol. The van der Waals surface area contributed by atoms with E-state index in [1.807, 2.05) is 33.8 Å². The van der Waals surface area contributed by atoms with Crippen LogP contribution >= 0.6 is 23.2 Å². The van der Waals surface area contributed by atoms with Crippen molar-refractivity contribution >= 4 is 40.0 Å². The SMILES string of the molecule is CCNC(=NCc1ccc(Cl)cc1Cl)NCCS(=O)C(C)(C)C. The molecule has 0 saturated heterocycles. The highest BCUT2D eigenvalue weighted by molar-refractivity contribution is 7.86. The second-order valence-electron chi connectivity index (χ2n) is 6.02. The van der Waals surface area contributed by atoms with Gasteiger partial charge in [-0.25, -0.2) is 4.99 Å². The lowest BCUT2D eigenvalue weighted by Crippen LogP contribution is -2.40. The average molecular weight is 378 g/mol. The van der Waals surface area contributed by atoms with Gasteiger partial charge in [0.1, 0.15) is 0 Å². The van der Waals surface area contributed by atoms with Gasteiger partial charge in [0, 0.05) is 44.4 Å². The number of benzene rings is 1. The van der Waals surface area contributed by atoms with E-state index in [2.05, 4.69) is 15.6 Å². The molecular formula is C16H25Cl2N3OS. The summed E-state index contributed by atoms with van der Waals surface area (Å²) < 4.78 is 11.8. The Morgan fingerprint density at radius 1 is 1.26 bits per heavy atom. The molecule has 0 fully saturated rings. The first-order valence-corrected chi connectivity index (χ1v) is 9.66. The molecule has 0 amide bonds. The number of rotatable bonds is 6. The molecule has 0 spiro atoms. The summed E-state index contributed by atoms with van der Waals surface area (Å²) in [5.41, 5.74) is 0.909. The van der Waals surface area contributed by atoms with Crippen molar-refractivity contribution in [3.63, 3.8) is 0 Å². The topological polar surface area (TPSA) is 53.5 Å². The molecule has 1 atom stereocenters. The van der Waals surface area contributed by atoms with Gasteiger partial charge in [-0.15, -0.1) is 0 Å². The maximum Gasteiger partial charge on any atom is 0.191 e. The second-order valence-corrected chi connectivity index (χ2v) is 9.19. The Labute approximate surface area is 151 Å². The highest BCUT2D eigenvalue weighted by Crippen LogP contribution is 2.21. The van der Waals surface area contributed by atoms with Gasteiger partial charge in [-0.3, -0.25) is 4.21 Å². The van der Waals surface area contributed by atoms with E-state index in [9.17, 15) is 4.21 Å². The van der Waals surface area contributed by atoms with Gasteiger partial charge in [-0.05, 0) is 45.4 Å². The Morgan fingerprint density at radius 2 is 1.96 bits per heavy atom. The zero-order valence-electron chi connectivity index (χ0n) is 14.1. The summed E-state index contributed by atoms with van der Waals surface area (Å²) in [6.07, 6.45) is 0. The number of guanidine groups is 1. The summed E-state index contributed by atoms with van der Waals surface area (Å²) in [5.74, 6) is 1.26. The van der Waals surface area contributed by atoms with Crippen molar-refractivity contribution in [1.29, 1.82) is 0 Å². The lowest BCUT2D eigenvalue weighted by molar-refractivity contribution is 0.647. The van der Waals surface area contributed by atoms with Gasteiger partial charge in [0.15, 0.2) is 5.96 Å². The molecule has 7 heteroatoms. The minimum Gasteiger partial charge on any atom is -0.357 e. The first-order valence-electron chi connectivity index (χ1n) is 7.58. The van der Waals surface area contributed by atoms with Crippen LogP contribution in [0.25, 0.3) is 0 Å². The average Bonchev–Trinajstić information content (AvgIpc) is 2.45. The van der Waals surface area contributed by atoms with Crippen LogP contribution in [-0.4, -0.2) is 33.8 Å². The third-order valence-electron chi connectivity index (χ3n) is 3.03. The van der Waals surface area contributed by atoms with E-state index < -0.39 is 10.8 Å². The second kappa shape index (κ2) is 9.50. The van der Waals surface area contributed by atoms with Crippen LogP contribution in [0, 0.1) is 0 Å². The molecule has 1 aromatic carbocycles. The van der Waals surface area contributed by atoms with Gasteiger partial charge in [-0.1, -0.05) is 29.3 Å². The van der Waals surface area contributed by atoms with Crippen LogP contribution < -0.4 is 10.6 Å². The molecule has 0 saturated carbocycles. The molecule has 4 nitrogen and oxygen atoms in total. The number of aliphatic imine (C=N–C) groups is 1. The summed E-state index contributed by atoms with van der Waals surface area (Å²) in [6.45, 7) is 9.74. The highest BCUT2D eigenvalue weighted by Gasteiger charge is 2.18. The van der Waals surface area contributed by atoms with E-state index >= 15 is 0 Å². The zero-order valence-corrected chi connectivity index (χ0v) is 16.4. The lowest BCUT2D eigenvalue weighted by atomic mass is 10.2. The van der Waals surface area contributed by atoms with Gasteiger partial charge in [0.25, 0.3) is 0 Å². The van der Waals surface area contributed by atoms with E-state index in [0.29, 0.717) is 34.8 Å². The molecule has 0 aliphatic carbocycles. The molecule has 2 N–H and O–H groups in total. The smallest absolute Gasteiger partial charge is 0.191 e. The largest absolute Gasteiger partial charge is 0.357 e. The van der Waals surface area contributed by atoms with Gasteiger partial charge in [0.05, 0.1) is 6.54 Å². The Bertz CT molecular complexity index is 571. The molecule has 23 heavy (non-hydrogen) atoms. The van der Waals surface area contributed by atoms with Crippen LogP contribution in [0.4, 0.5) is 0 Å². The fourth-order valence-electron chi connectivity index (χ4n) is 1.72. The van der Waals surface area contributed by atoms with Gasteiger partial charge in [-0.2, -0.15) is 0 Å². The molecule has 0 radical (unpaired) electrons. The van der Waals surface area contributed by atoms with E-state index in [1.165, 1.54) is 0 Å². The van der Waals surface area contributed by atoms with Crippen molar-refractivity contribution in [2.45, 2.75) is 39.0 Å². The Balaban J connectivity index is 2.61. The first kappa shape index (κ1) is 20.3. The highest BCUT2D eigenvalue weighted by atomic mass is 35.5. The number of nitrogens with one attached hydrogen (secondary N) is 2. The molecule has 130 valence electrons. The van der Waals surface area contributed by atoms with Crippen LogP contribution in [0.15, 0.2) is 23.2 Å². The van der Waals surface area contributed by atoms with Gasteiger partial charge >= 0.3 is 0 Å². The maximum atomic E-state index is 12.0. The molecule has 0 bridgehead atoms. The summed E-state index contributed by atoms with van der Waals surface area (Å²) in [4.78, 5) is 4.50. The van der Waals surface area contributed by atoms with E-state index in [1.54, 1.807) is 12.1 Å². The summed E-state index contributed by atoms with van der Waals surface area (Å²) in [6, 6.07) is 5.37. The molecule has 1 rings (SSSR count). The number of hydrogen-bond donors (Lipinski definition) is 2. The van der Waals surface area contributed by atoms with Gasteiger partial charge in [0.2, 0.25) is 0 Å². The molecule has 0 aromatic heterocycles. The quantitative estimate of drug-likeness (QED) is 0.588. The molecule has 0 aliphatic heterocycles. The Kier molecular flexibility index (Phi) is 8.37. The first-order chi connectivity index (χ1) is 10.7. The summed E-state index contributed by atoms with van der Waals surface area (Å²) in [5, 5.41) is 7.58. The monoisotopic (exact) mass is 377 g/mol. The van der Waals surface area contributed by atoms with Crippen LogP contribution in [0.1, 0.15) is 33.3 Å². The third kappa shape index (κ3) is 7.55. The predicted octanol–water partition coefficient (Wildman–Crippen LogP) is 3.60. The van der Waals surface area contributed by atoms with E-state index in [4.69, 9.17) is 23.2 Å². The van der Waals surface area contributed by atoms with Crippen LogP contribution in [0.2, 0.25) is 10.0 Å². The third-order valence-corrected chi connectivity index (χ3v) is 5.56. The van der Waals surface area contributed by atoms with Crippen molar-refractivity contribution in [3.8, 4) is 0 Å². The minimum atomic E-state index is -0.885. The molecule has 1 aromatic rings. The minimum absolute atomic E-state index is 0.200. The number of nitrogens with zero attached hydrogens (tertiary/aromatic N) is 1. The van der Waals surface area contributed by atoms with Crippen molar-refractivity contribution in [2.75, 3.05) is 18.8 Å². The fourth-order valence-corrected chi connectivity index (χ4v) is 3.09. The van der Waals surface area contributed by atoms with Crippen molar-refractivity contribution < 1.29 is 4.21 Å². The van der Waals surface area contributed by atoms with Crippen LogP contribution in [0.3, 0.4) is 0 Å². The van der Waals surface area contributed by atoms with Crippen LogP contribution in [0.5, 0.6) is 0 Å². The summed E-state index contributed by atoms with van der Waals surface area (Å²) >= 11 is 12.0. The molecule has 1 unspecified atom stereocenters. The Morgan fingerprint density at radius 3 is 2.52 bits per heavy atom. The predicted molar refractivity (Wildman–Crippen MR) is 102 cm³/mol. The van der Waals surface area contributed by atoms with Gasteiger partial charge < -0.3 is 10.6 Å². The zero-order chi connectivity index (χ0) is 17.5. The van der Waals surface area contributed by atoms with Crippen molar-refractivity contribution in [2.24, 2.45) is 4.99 Å². The summed E-state index contributed by atoms with van der Waals surface area (Å²) in [7, 11) is -0.885. The number of halogens is 2. The van der Waals surface area contributed by atoms with E-state index in [-0.39, 0.29) is 4.75 Å². The van der Waals surface area contributed by atoms with Crippen molar-refractivity contribution in [1.82, 2.24) is 10.6 Å². The lowest BCUT2D eigenvalue weighted by Gasteiger charge is -2.18. The number of hydrogen-bond acceptors (Lipinski definition) is 2. The fraction of sp³-hybridized carbons (Fsp3) is 0.562. The molecule has 0 aliphatic rings. The van der Waals surface area contributed by atoms with Crippen LogP contribution in [-0.2, 0) is 17.3 Å². The molecule has 0 heterocycles. The normalized spacial score (nSPS) is 13.7.